The molecule has 14 heavy (non-hydrogen) atoms. The van der Waals surface area contributed by atoms with Crippen LogP contribution in [-0.2, 0) is 6.42 Å². The number of halogens is 2. The zero-order valence-electron chi connectivity index (χ0n) is 8.22. The molecule has 0 aromatic carbocycles. The average molecular weight is 249 g/mol. The summed E-state index contributed by atoms with van der Waals surface area (Å²) in [6, 6.07) is 4.12. The summed E-state index contributed by atoms with van der Waals surface area (Å²) in [7, 11) is 0. The Bertz CT molecular complexity index is 321. The van der Waals surface area contributed by atoms with Gasteiger partial charge in [0.25, 0.3) is 0 Å². The lowest BCUT2D eigenvalue weighted by atomic mass is 9.85. The van der Waals surface area contributed by atoms with E-state index >= 15 is 0 Å². The summed E-state index contributed by atoms with van der Waals surface area (Å²) >= 11 is 13.8. The Morgan fingerprint density at radius 3 is 2.86 bits per heavy atom. The van der Waals surface area contributed by atoms with Gasteiger partial charge in [-0.25, -0.2) is 0 Å². The van der Waals surface area contributed by atoms with Crippen LogP contribution in [0.4, 0.5) is 0 Å². The Labute approximate surface area is 99.2 Å². The van der Waals surface area contributed by atoms with E-state index in [1.165, 1.54) is 11.3 Å². The molecule has 0 bridgehead atoms. The summed E-state index contributed by atoms with van der Waals surface area (Å²) in [5.41, 5.74) is 0.403. The summed E-state index contributed by atoms with van der Waals surface area (Å²) in [5, 5.41) is 0.385. The van der Waals surface area contributed by atoms with Crippen LogP contribution in [0.5, 0.6) is 0 Å². The maximum absolute atomic E-state index is 6.15. The predicted octanol–water partition coefficient (Wildman–Crippen LogP) is 4.74. The van der Waals surface area contributed by atoms with Crippen molar-refractivity contribution in [1.29, 1.82) is 0 Å². The molecule has 1 aliphatic carbocycles. The van der Waals surface area contributed by atoms with Gasteiger partial charge in [-0.2, -0.15) is 0 Å². The van der Waals surface area contributed by atoms with E-state index in [1.807, 2.05) is 6.07 Å². The molecule has 0 radical (unpaired) electrons. The van der Waals surface area contributed by atoms with Crippen LogP contribution >= 0.6 is 34.5 Å². The van der Waals surface area contributed by atoms with E-state index in [2.05, 4.69) is 13.0 Å². The first-order valence-corrected chi connectivity index (χ1v) is 6.59. The van der Waals surface area contributed by atoms with Gasteiger partial charge in [-0.1, -0.05) is 18.5 Å². The van der Waals surface area contributed by atoms with Crippen LogP contribution in [0.2, 0.25) is 4.34 Å². The standard InChI is InChI=1S/C11H14Cl2S/c1-11(5-4-8(12)6-11)7-9-2-3-10(13)14-9/h2-3,8H,4-7H2,1H3. The summed E-state index contributed by atoms with van der Waals surface area (Å²) in [5.74, 6) is 0. The summed E-state index contributed by atoms with van der Waals surface area (Å²) in [4.78, 5) is 1.39. The maximum Gasteiger partial charge on any atom is 0.0931 e. The monoisotopic (exact) mass is 248 g/mol. The molecule has 0 amide bonds. The van der Waals surface area contributed by atoms with Crippen molar-refractivity contribution in [2.45, 2.75) is 38.0 Å². The van der Waals surface area contributed by atoms with Crippen molar-refractivity contribution in [3.05, 3.63) is 21.3 Å². The third-order valence-electron chi connectivity index (χ3n) is 3.01. The van der Waals surface area contributed by atoms with Crippen LogP contribution in [0, 0.1) is 5.41 Å². The molecule has 0 N–H and O–H groups in total. The summed E-state index contributed by atoms with van der Waals surface area (Å²) in [6.45, 7) is 2.34. The molecule has 1 heterocycles. The van der Waals surface area contributed by atoms with Crippen LogP contribution < -0.4 is 0 Å². The van der Waals surface area contributed by atoms with Gasteiger partial charge in [-0.3, -0.25) is 0 Å². The highest BCUT2D eigenvalue weighted by molar-refractivity contribution is 7.16. The highest BCUT2D eigenvalue weighted by Crippen LogP contribution is 2.43. The molecule has 1 fully saturated rings. The Hall–Kier alpha value is 0.280. The molecule has 2 unspecified atom stereocenters. The van der Waals surface area contributed by atoms with Crippen LogP contribution in [0.15, 0.2) is 12.1 Å². The minimum Gasteiger partial charge on any atom is -0.128 e. The van der Waals surface area contributed by atoms with Crippen molar-refractivity contribution < 1.29 is 0 Å². The van der Waals surface area contributed by atoms with Crippen LogP contribution in [-0.4, -0.2) is 5.38 Å². The first-order chi connectivity index (χ1) is 6.57. The van der Waals surface area contributed by atoms with Gasteiger partial charge in [0.1, 0.15) is 0 Å². The van der Waals surface area contributed by atoms with Crippen LogP contribution in [0.1, 0.15) is 31.1 Å². The second kappa shape index (κ2) is 4.03. The van der Waals surface area contributed by atoms with Crippen molar-refractivity contribution >= 4 is 34.5 Å². The Morgan fingerprint density at radius 2 is 2.36 bits per heavy atom. The molecule has 3 heteroatoms. The van der Waals surface area contributed by atoms with Gasteiger partial charge in [-0.05, 0) is 43.2 Å². The fourth-order valence-electron chi connectivity index (χ4n) is 2.27. The van der Waals surface area contributed by atoms with E-state index in [0.29, 0.717) is 10.8 Å². The van der Waals surface area contributed by atoms with Crippen molar-refractivity contribution in [1.82, 2.24) is 0 Å². The molecule has 78 valence electrons. The Balaban J connectivity index is 2.03. The largest absolute Gasteiger partial charge is 0.128 e. The lowest BCUT2D eigenvalue weighted by Crippen LogP contribution is -2.14. The summed E-state index contributed by atoms with van der Waals surface area (Å²) in [6.07, 6.45) is 4.69. The second-order valence-electron chi connectivity index (χ2n) is 4.53. The summed E-state index contributed by atoms with van der Waals surface area (Å²) < 4.78 is 0.893. The lowest BCUT2D eigenvalue weighted by molar-refractivity contribution is 0.338. The fraction of sp³-hybridized carbons (Fsp3) is 0.636. The predicted molar refractivity (Wildman–Crippen MR) is 64.6 cm³/mol. The number of alkyl halides is 1. The van der Waals surface area contributed by atoms with E-state index < -0.39 is 0 Å². The Kier molecular flexibility index (Phi) is 3.11. The van der Waals surface area contributed by atoms with Gasteiger partial charge < -0.3 is 0 Å². The number of hydrogen-bond acceptors (Lipinski definition) is 1. The fourth-order valence-corrected chi connectivity index (χ4v) is 4.06. The molecule has 0 aliphatic heterocycles. The molecule has 1 aromatic rings. The van der Waals surface area contributed by atoms with E-state index in [1.54, 1.807) is 11.3 Å². The van der Waals surface area contributed by atoms with Crippen molar-refractivity contribution in [2.75, 3.05) is 0 Å². The average Bonchev–Trinajstić information content (AvgIpc) is 2.60. The lowest BCUT2D eigenvalue weighted by Gasteiger charge is -2.22. The zero-order chi connectivity index (χ0) is 10.2. The topological polar surface area (TPSA) is 0 Å². The van der Waals surface area contributed by atoms with Gasteiger partial charge in [0.2, 0.25) is 0 Å². The SMILES string of the molecule is CC1(Cc2ccc(Cl)s2)CCC(Cl)C1. The molecule has 0 nitrogen and oxygen atoms in total. The first-order valence-electron chi connectivity index (χ1n) is 4.96. The smallest absolute Gasteiger partial charge is 0.0931 e. The molecule has 1 aliphatic rings. The van der Waals surface area contributed by atoms with Crippen molar-refractivity contribution in [3.63, 3.8) is 0 Å². The third kappa shape index (κ3) is 2.44. The van der Waals surface area contributed by atoms with Crippen LogP contribution in [0.3, 0.4) is 0 Å². The first kappa shape index (κ1) is 10.8. The van der Waals surface area contributed by atoms with Gasteiger partial charge in [0, 0.05) is 10.3 Å². The minimum atomic E-state index is 0.385. The minimum absolute atomic E-state index is 0.385. The van der Waals surface area contributed by atoms with Crippen molar-refractivity contribution in [3.8, 4) is 0 Å². The van der Waals surface area contributed by atoms with Gasteiger partial charge in [0.15, 0.2) is 0 Å². The van der Waals surface area contributed by atoms with Crippen molar-refractivity contribution in [2.24, 2.45) is 5.41 Å². The molecule has 0 spiro atoms. The highest BCUT2D eigenvalue weighted by Gasteiger charge is 2.34. The maximum atomic E-state index is 6.15. The third-order valence-corrected chi connectivity index (χ3v) is 4.61. The van der Waals surface area contributed by atoms with Gasteiger partial charge in [-0.15, -0.1) is 22.9 Å². The normalized spacial score (nSPS) is 32.4. The Morgan fingerprint density at radius 1 is 1.57 bits per heavy atom. The van der Waals surface area contributed by atoms with E-state index in [-0.39, 0.29) is 0 Å². The molecule has 2 rings (SSSR count). The van der Waals surface area contributed by atoms with E-state index in [9.17, 15) is 0 Å². The van der Waals surface area contributed by atoms with Gasteiger partial charge in [0.05, 0.1) is 4.34 Å². The van der Waals surface area contributed by atoms with Gasteiger partial charge >= 0.3 is 0 Å². The highest BCUT2D eigenvalue weighted by atomic mass is 35.5. The molecule has 1 saturated carbocycles. The molecular formula is C11H14Cl2S. The number of hydrogen-bond donors (Lipinski definition) is 0. The van der Waals surface area contributed by atoms with Crippen LogP contribution in [0.25, 0.3) is 0 Å². The quantitative estimate of drug-likeness (QED) is 0.664. The molecule has 1 aromatic heterocycles. The number of thiophene rings is 1. The van der Waals surface area contributed by atoms with E-state index in [0.717, 1.165) is 23.6 Å². The second-order valence-corrected chi connectivity index (χ2v) is 6.95. The van der Waals surface area contributed by atoms with E-state index in [4.69, 9.17) is 23.2 Å². The zero-order valence-corrected chi connectivity index (χ0v) is 10.6. The number of rotatable bonds is 2. The molecule has 0 saturated heterocycles. The molecular weight excluding hydrogens is 235 g/mol. The molecule has 2 atom stereocenters.